The third-order valence-electron chi connectivity index (χ3n) is 5.07. The van der Waals surface area contributed by atoms with Gasteiger partial charge in [-0.1, -0.05) is 42.5 Å². The van der Waals surface area contributed by atoms with Crippen LogP contribution in [0.25, 0.3) is 49.3 Å². The molecule has 0 aliphatic heterocycles. The van der Waals surface area contributed by atoms with Crippen LogP contribution < -0.4 is 0 Å². The molecule has 3 heterocycles. The van der Waals surface area contributed by atoms with Crippen LogP contribution in [-0.4, -0.2) is 9.55 Å². The molecular weight excluding hydrogens is 324 g/mol. The third-order valence-corrected chi connectivity index (χ3v) is 5.80. The molecule has 3 aromatic heterocycles. The first-order valence-electron chi connectivity index (χ1n) is 8.37. The van der Waals surface area contributed by atoms with Crippen LogP contribution in [0.15, 0.2) is 77.5 Å². The van der Waals surface area contributed by atoms with E-state index in [0.29, 0.717) is 0 Å². The average molecular weight is 338 g/mol. The molecule has 0 fully saturated rings. The topological polar surface area (TPSA) is 20.7 Å². The van der Waals surface area contributed by atoms with Gasteiger partial charge >= 0.3 is 0 Å². The van der Waals surface area contributed by atoms with Crippen molar-refractivity contribution in [1.29, 1.82) is 0 Å². The number of fused-ring (bicyclic) bond motifs is 7. The average Bonchev–Trinajstić information content (AvgIpc) is 3.33. The van der Waals surface area contributed by atoms with Crippen LogP contribution >= 0.6 is 11.3 Å². The SMILES string of the molecule is c1ccc(-n2c3cscc3c3c4[nH]c5ccccc5c4ccc32)cc1. The predicted octanol–water partition coefficient (Wildman–Crippen LogP) is 6.48. The number of hydrogen-bond acceptors (Lipinski definition) is 1. The lowest BCUT2D eigenvalue weighted by molar-refractivity contribution is 1.18. The zero-order valence-corrected chi connectivity index (χ0v) is 14.2. The van der Waals surface area contributed by atoms with Crippen LogP contribution in [0.3, 0.4) is 0 Å². The molecule has 0 unspecified atom stereocenters. The van der Waals surface area contributed by atoms with E-state index in [0.717, 1.165) is 0 Å². The van der Waals surface area contributed by atoms with E-state index >= 15 is 0 Å². The smallest absolute Gasteiger partial charge is 0.0648 e. The van der Waals surface area contributed by atoms with Gasteiger partial charge in [0.05, 0.1) is 16.6 Å². The van der Waals surface area contributed by atoms with Crippen molar-refractivity contribution in [1.82, 2.24) is 9.55 Å². The summed E-state index contributed by atoms with van der Waals surface area (Å²) < 4.78 is 2.37. The molecule has 0 amide bonds. The minimum Gasteiger partial charge on any atom is -0.354 e. The Bertz CT molecular complexity index is 1380. The Morgan fingerprint density at radius 1 is 0.680 bits per heavy atom. The zero-order valence-electron chi connectivity index (χ0n) is 13.4. The van der Waals surface area contributed by atoms with Gasteiger partial charge in [-0.15, -0.1) is 11.3 Å². The number of H-pyrrole nitrogens is 1. The number of nitrogens with zero attached hydrogens (tertiary/aromatic N) is 1. The highest BCUT2D eigenvalue weighted by Gasteiger charge is 2.17. The summed E-state index contributed by atoms with van der Waals surface area (Å²) in [7, 11) is 0. The van der Waals surface area contributed by atoms with Gasteiger partial charge in [0.25, 0.3) is 0 Å². The lowest BCUT2D eigenvalue weighted by Crippen LogP contribution is -1.92. The van der Waals surface area contributed by atoms with Crippen molar-refractivity contribution in [2.45, 2.75) is 0 Å². The highest BCUT2D eigenvalue weighted by atomic mass is 32.1. The summed E-state index contributed by atoms with van der Waals surface area (Å²) in [6, 6.07) is 23.7. The van der Waals surface area contributed by atoms with Gasteiger partial charge in [-0.3, -0.25) is 0 Å². The second kappa shape index (κ2) is 4.74. The van der Waals surface area contributed by atoms with Gasteiger partial charge in [0, 0.05) is 43.5 Å². The standard InChI is InChI=1S/C22H14N2S/c1-2-6-14(7-3-1)24-19-11-10-16-15-8-4-5-9-18(15)23-22(16)21(19)17-12-25-13-20(17)24/h1-13,23H. The van der Waals surface area contributed by atoms with Gasteiger partial charge in [0.2, 0.25) is 0 Å². The number of rotatable bonds is 1. The highest BCUT2D eigenvalue weighted by molar-refractivity contribution is 7.09. The predicted molar refractivity (Wildman–Crippen MR) is 108 cm³/mol. The summed E-state index contributed by atoms with van der Waals surface area (Å²) in [4.78, 5) is 3.66. The minimum atomic E-state index is 1.20. The van der Waals surface area contributed by atoms with Gasteiger partial charge < -0.3 is 9.55 Å². The Morgan fingerprint density at radius 3 is 2.44 bits per heavy atom. The van der Waals surface area contributed by atoms with Crippen molar-refractivity contribution in [2.75, 3.05) is 0 Å². The van der Waals surface area contributed by atoms with Crippen LogP contribution in [0.5, 0.6) is 0 Å². The molecule has 1 N–H and O–H groups in total. The summed E-state index contributed by atoms with van der Waals surface area (Å²) >= 11 is 1.76. The molecule has 3 heteroatoms. The number of aromatic amines is 1. The first-order valence-corrected chi connectivity index (χ1v) is 9.31. The number of nitrogens with one attached hydrogen (secondary N) is 1. The van der Waals surface area contributed by atoms with Crippen molar-refractivity contribution in [3.8, 4) is 5.69 Å². The first kappa shape index (κ1) is 13.3. The molecule has 6 aromatic rings. The van der Waals surface area contributed by atoms with E-state index in [1.807, 2.05) is 0 Å². The van der Waals surface area contributed by atoms with E-state index in [1.54, 1.807) is 11.3 Å². The minimum absolute atomic E-state index is 1.20. The normalized spacial score (nSPS) is 12.0. The molecule has 0 radical (unpaired) electrons. The fraction of sp³-hybridized carbons (Fsp3) is 0. The van der Waals surface area contributed by atoms with Crippen LogP contribution in [0.4, 0.5) is 0 Å². The van der Waals surface area contributed by atoms with E-state index in [-0.39, 0.29) is 0 Å². The lowest BCUT2D eigenvalue weighted by atomic mass is 10.1. The molecule has 3 aromatic carbocycles. The van der Waals surface area contributed by atoms with E-state index in [2.05, 4.69) is 87.0 Å². The largest absolute Gasteiger partial charge is 0.354 e. The molecule has 0 atom stereocenters. The fourth-order valence-electron chi connectivity index (χ4n) is 4.00. The molecule has 118 valence electrons. The van der Waals surface area contributed by atoms with Gasteiger partial charge in [-0.05, 0) is 24.3 Å². The Kier molecular flexibility index (Phi) is 2.52. The van der Waals surface area contributed by atoms with Gasteiger partial charge in [0.15, 0.2) is 0 Å². The van der Waals surface area contributed by atoms with E-state index in [4.69, 9.17) is 0 Å². The maximum Gasteiger partial charge on any atom is 0.0648 e. The van der Waals surface area contributed by atoms with Gasteiger partial charge in [-0.2, -0.15) is 0 Å². The number of benzene rings is 3. The molecule has 2 nitrogen and oxygen atoms in total. The van der Waals surface area contributed by atoms with Crippen molar-refractivity contribution >= 4 is 54.9 Å². The molecule has 0 bridgehead atoms. The van der Waals surface area contributed by atoms with Crippen molar-refractivity contribution in [3.05, 3.63) is 77.5 Å². The van der Waals surface area contributed by atoms with Crippen LogP contribution in [0.2, 0.25) is 0 Å². The summed E-state index contributed by atoms with van der Waals surface area (Å²) in [6.45, 7) is 0. The van der Waals surface area contributed by atoms with Crippen molar-refractivity contribution in [2.24, 2.45) is 0 Å². The second-order valence-corrected chi connectivity index (χ2v) is 7.14. The second-order valence-electron chi connectivity index (χ2n) is 6.39. The van der Waals surface area contributed by atoms with Crippen LogP contribution in [0, 0.1) is 0 Å². The number of thiophene rings is 1. The molecule has 0 aliphatic rings. The Balaban J connectivity index is 1.87. The van der Waals surface area contributed by atoms with E-state index in [1.165, 1.54) is 49.3 Å². The monoisotopic (exact) mass is 338 g/mol. The maximum atomic E-state index is 3.66. The van der Waals surface area contributed by atoms with Crippen LogP contribution in [0.1, 0.15) is 0 Å². The Hall–Kier alpha value is -3.04. The highest BCUT2D eigenvalue weighted by Crippen LogP contribution is 2.39. The van der Waals surface area contributed by atoms with Crippen LogP contribution in [-0.2, 0) is 0 Å². The Morgan fingerprint density at radius 2 is 1.52 bits per heavy atom. The molecule has 6 rings (SSSR count). The lowest BCUT2D eigenvalue weighted by Gasteiger charge is -2.06. The number of para-hydroxylation sites is 2. The molecular formula is C22H14N2S. The Labute approximate surface area is 147 Å². The van der Waals surface area contributed by atoms with Gasteiger partial charge in [-0.25, -0.2) is 0 Å². The third kappa shape index (κ3) is 1.68. The number of hydrogen-bond donors (Lipinski definition) is 1. The maximum absolute atomic E-state index is 3.66. The molecule has 0 saturated heterocycles. The summed E-state index contributed by atoms with van der Waals surface area (Å²) in [6.07, 6.45) is 0. The fourth-order valence-corrected chi connectivity index (χ4v) is 4.81. The summed E-state index contributed by atoms with van der Waals surface area (Å²) in [5.41, 5.74) is 6.16. The van der Waals surface area contributed by atoms with E-state index in [9.17, 15) is 0 Å². The summed E-state index contributed by atoms with van der Waals surface area (Å²) in [5, 5.41) is 9.73. The quantitative estimate of drug-likeness (QED) is 0.354. The number of aromatic nitrogens is 2. The summed E-state index contributed by atoms with van der Waals surface area (Å²) in [5.74, 6) is 0. The molecule has 25 heavy (non-hydrogen) atoms. The van der Waals surface area contributed by atoms with Gasteiger partial charge in [0.1, 0.15) is 0 Å². The molecule has 0 spiro atoms. The van der Waals surface area contributed by atoms with Crippen molar-refractivity contribution in [3.63, 3.8) is 0 Å². The zero-order chi connectivity index (χ0) is 16.4. The molecule has 0 aliphatic carbocycles. The first-order chi connectivity index (χ1) is 12.4. The van der Waals surface area contributed by atoms with E-state index < -0.39 is 0 Å². The molecule has 0 saturated carbocycles. The van der Waals surface area contributed by atoms with Crippen molar-refractivity contribution < 1.29 is 0 Å².